The fourth-order valence-corrected chi connectivity index (χ4v) is 3.08. The standard InChI is InChI=1S/C17H16N4/c1-21-17(18)15(14-8-4-5-9-19-14)16(20-21)13-10-11-6-2-3-7-12(11)13/h2-9,13H,10,18H2,1H3. The number of benzene rings is 1. The summed E-state index contributed by atoms with van der Waals surface area (Å²) in [5.74, 6) is 0.995. The van der Waals surface area contributed by atoms with Gasteiger partial charge in [0.25, 0.3) is 0 Å². The van der Waals surface area contributed by atoms with Gasteiger partial charge in [-0.1, -0.05) is 30.3 Å². The number of nitrogens with zero attached hydrogens (tertiary/aromatic N) is 3. The van der Waals surface area contributed by atoms with Crippen LogP contribution in [0.25, 0.3) is 11.3 Å². The van der Waals surface area contributed by atoms with Crippen molar-refractivity contribution in [3.8, 4) is 11.3 Å². The average molecular weight is 276 g/mol. The number of anilines is 1. The van der Waals surface area contributed by atoms with E-state index in [2.05, 4.69) is 34.3 Å². The molecule has 1 aliphatic rings. The Morgan fingerprint density at radius 1 is 1.14 bits per heavy atom. The zero-order chi connectivity index (χ0) is 14.4. The third kappa shape index (κ3) is 1.76. The van der Waals surface area contributed by atoms with Crippen LogP contribution in [-0.2, 0) is 13.5 Å². The predicted molar refractivity (Wildman–Crippen MR) is 82.8 cm³/mol. The third-order valence-corrected chi connectivity index (χ3v) is 4.22. The molecule has 0 amide bonds. The van der Waals surface area contributed by atoms with Gasteiger partial charge in [0.15, 0.2) is 0 Å². The molecule has 1 unspecified atom stereocenters. The summed E-state index contributed by atoms with van der Waals surface area (Å²) in [4.78, 5) is 4.45. The smallest absolute Gasteiger partial charge is 0.131 e. The van der Waals surface area contributed by atoms with Crippen LogP contribution in [0.1, 0.15) is 22.7 Å². The minimum atomic E-state index is 0.321. The molecule has 4 heteroatoms. The van der Waals surface area contributed by atoms with Crippen LogP contribution in [0, 0.1) is 0 Å². The Balaban J connectivity index is 1.87. The van der Waals surface area contributed by atoms with E-state index in [4.69, 9.17) is 5.73 Å². The van der Waals surface area contributed by atoms with E-state index in [9.17, 15) is 0 Å². The summed E-state index contributed by atoms with van der Waals surface area (Å²) >= 11 is 0. The van der Waals surface area contributed by atoms with Gasteiger partial charge in [-0.3, -0.25) is 9.67 Å². The second-order valence-corrected chi connectivity index (χ2v) is 5.44. The van der Waals surface area contributed by atoms with E-state index in [1.807, 2.05) is 25.2 Å². The molecule has 0 aliphatic heterocycles. The van der Waals surface area contributed by atoms with E-state index in [1.165, 1.54) is 11.1 Å². The number of aryl methyl sites for hydroxylation is 1. The van der Waals surface area contributed by atoms with Gasteiger partial charge in [0, 0.05) is 19.2 Å². The van der Waals surface area contributed by atoms with Crippen LogP contribution in [0.5, 0.6) is 0 Å². The molecule has 1 aliphatic carbocycles. The van der Waals surface area contributed by atoms with E-state index in [0.29, 0.717) is 11.7 Å². The first-order chi connectivity index (χ1) is 10.3. The zero-order valence-electron chi connectivity index (χ0n) is 11.8. The Hall–Kier alpha value is -2.62. The Morgan fingerprint density at radius 3 is 2.71 bits per heavy atom. The van der Waals surface area contributed by atoms with Gasteiger partial charge in [-0.2, -0.15) is 5.10 Å². The Kier molecular flexibility index (Phi) is 2.57. The van der Waals surface area contributed by atoms with Crippen LogP contribution in [0.4, 0.5) is 5.82 Å². The first kappa shape index (κ1) is 12.1. The largest absolute Gasteiger partial charge is 0.383 e. The second-order valence-electron chi connectivity index (χ2n) is 5.44. The molecule has 104 valence electrons. The van der Waals surface area contributed by atoms with Crippen LogP contribution < -0.4 is 5.73 Å². The fourth-order valence-electron chi connectivity index (χ4n) is 3.08. The van der Waals surface area contributed by atoms with Crippen molar-refractivity contribution in [2.24, 2.45) is 7.05 Å². The fraction of sp³-hybridized carbons (Fsp3) is 0.176. The van der Waals surface area contributed by atoms with E-state index < -0.39 is 0 Å². The lowest BCUT2D eigenvalue weighted by Gasteiger charge is -2.29. The van der Waals surface area contributed by atoms with Gasteiger partial charge in [0.2, 0.25) is 0 Å². The lowest BCUT2D eigenvalue weighted by atomic mass is 9.74. The minimum absolute atomic E-state index is 0.321. The number of nitrogen functional groups attached to an aromatic ring is 1. The molecule has 2 heterocycles. The average Bonchev–Trinajstić information content (AvgIpc) is 2.77. The second kappa shape index (κ2) is 4.45. The molecule has 4 rings (SSSR count). The van der Waals surface area contributed by atoms with Crippen LogP contribution in [0.3, 0.4) is 0 Å². The molecule has 3 aromatic rings. The van der Waals surface area contributed by atoms with Crippen LogP contribution in [-0.4, -0.2) is 14.8 Å². The number of nitrogens with two attached hydrogens (primary N) is 1. The van der Waals surface area contributed by atoms with Crippen LogP contribution >= 0.6 is 0 Å². The van der Waals surface area contributed by atoms with Gasteiger partial charge in [0.1, 0.15) is 5.82 Å². The zero-order valence-corrected chi connectivity index (χ0v) is 11.8. The molecule has 2 N–H and O–H groups in total. The maximum atomic E-state index is 6.23. The first-order valence-corrected chi connectivity index (χ1v) is 7.07. The van der Waals surface area contributed by atoms with E-state index in [-0.39, 0.29) is 0 Å². The summed E-state index contributed by atoms with van der Waals surface area (Å²) in [6.07, 6.45) is 2.81. The summed E-state index contributed by atoms with van der Waals surface area (Å²) in [7, 11) is 1.88. The van der Waals surface area contributed by atoms with Crippen molar-refractivity contribution >= 4 is 5.82 Å². The van der Waals surface area contributed by atoms with E-state index >= 15 is 0 Å². The number of fused-ring (bicyclic) bond motifs is 1. The molecule has 0 radical (unpaired) electrons. The molecule has 0 saturated heterocycles. The maximum Gasteiger partial charge on any atom is 0.131 e. The molecular weight excluding hydrogens is 260 g/mol. The summed E-state index contributed by atoms with van der Waals surface area (Å²) in [5, 5.41) is 4.66. The maximum absolute atomic E-state index is 6.23. The summed E-state index contributed by atoms with van der Waals surface area (Å²) < 4.78 is 1.75. The molecule has 4 nitrogen and oxygen atoms in total. The first-order valence-electron chi connectivity index (χ1n) is 7.07. The summed E-state index contributed by atoms with van der Waals surface area (Å²) in [6.45, 7) is 0. The number of aromatic nitrogens is 3. The van der Waals surface area contributed by atoms with Crippen molar-refractivity contribution in [1.29, 1.82) is 0 Å². The van der Waals surface area contributed by atoms with Crippen molar-refractivity contribution in [1.82, 2.24) is 14.8 Å². The number of pyridine rings is 1. The normalized spacial score (nSPS) is 16.3. The molecule has 0 saturated carbocycles. The number of rotatable bonds is 2. The predicted octanol–water partition coefficient (Wildman–Crippen LogP) is 2.75. The van der Waals surface area contributed by atoms with Crippen molar-refractivity contribution in [3.63, 3.8) is 0 Å². The number of hydrogen-bond donors (Lipinski definition) is 1. The monoisotopic (exact) mass is 276 g/mol. The highest BCUT2D eigenvalue weighted by Gasteiger charge is 2.33. The SMILES string of the molecule is Cn1nc(C2Cc3ccccc32)c(-c2ccccn2)c1N. The van der Waals surface area contributed by atoms with Gasteiger partial charge in [0.05, 0.1) is 17.0 Å². The van der Waals surface area contributed by atoms with E-state index in [0.717, 1.165) is 23.4 Å². The Bertz CT molecular complexity index is 805. The molecule has 1 atom stereocenters. The minimum Gasteiger partial charge on any atom is -0.383 e. The number of hydrogen-bond acceptors (Lipinski definition) is 3. The summed E-state index contributed by atoms with van der Waals surface area (Å²) in [5.41, 5.74) is 11.9. The van der Waals surface area contributed by atoms with Crippen molar-refractivity contribution < 1.29 is 0 Å². The van der Waals surface area contributed by atoms with Gasteiger partial charge >= 0.3 is 0 Å². The summed E-state index contributed by atoms with van der Waals surface area (Å²) in [6, 6.07) is 14.4. The molecule has 1 aromatic carbocycles. The van der Waals surface area contributed by atoms with Crippen LogP contribution in [0.2, 0.25) is 0 Å². The molecule has 0 spiro atoms. The van der Waals surface area contributed by atoms with Crippen LogP contribution in [0.15, 0.2) is 48.7 Å². The molecule has 0 bridgehead atoms. The highest BCUT2D eigenvalue weighted by atomic mass is 15.3. The lowest BCUT2D eigenvalue weighted by molar-refractivity contribution is 0.655. The van der Waals surface area contributed by atoms with Gasteiger partial charge in [-0.25, -0.2) is 0 Å². The van der Waals surface area contributed by atoms with Crippen molar-refractivity contribution in [2.45, 2.75) is 12.3 Å². The molecule has 21 heavy (non-hydrogen) atoms. The van der Waals surface area contributed by atoms with Gasteiger partial charge in [-0.15, -0.1) is 0 Å². The van der Waals surface area contributed by atoms with Gasteiger partial charge < -0.3 is 5.73 Å². The third-order valence-electron chi connectivity index (χ3n) is 4.22. The van der Waals surface area contributed by atoms with Crippen molar-refractivity contribution in [2.75, 3.05) is 5.73 Å². The quantitative estimate of drug-likeness (QED) is 0.783. The van der Waals surface area contributed by atoms with Crippen molar-refractivity contribution in [3.05, 3.63) is 65.5 Å². The molecule has 2 aromatic heterocycles. The lowest BCUT2D eigenvalue weighted by Crippen LogP contribution is -2.19. The highest BCUT2D eigenvalue weighted by molar-refractivity contribution is 5.75. The topological polar surface area (TPSA) is 56.7 Å². The molecular formula is C17H16N4. The van der Waals surface area contributed by atoms with E-state index in [1.54, 1.807) is 10.9 Å². The highest BCUT2D eigenvalue weighted by Crippen LogP contribution is 2.44. The van der Waals surface area contributed by atoms with Gasteiger partial charge in [-0.05, 0) is 29.7 Å². The molecule has 0 fully saturated rings. The Morgan fingerprint density at radius 2 is 1.95 bits per heavy atom. The Labute approximate surface area is 123 Å².